The van der Waals surface area contributed by atoms with Crippen molar-refractivity contribution in [1.29, 1.82) is 0 Å². The van der Waals surface area contributed by atoms with Crippen molar-refractivity contribution in [1.82, 2.24) is 24.6 Å². The average Bonchev–Trinajstić information content (AvgIpc) is 3.65. The van der Waals surface area contributed by atoms with Crippen LogP contribution < -0.4 is 0 Å². The van der Waals surface area contributed by atoms with Gasteiger partial charge in [0.2, 0.25) is 0 Å². The first kappa shape index (κ1) is 24.1. The van der Waals surface area contributed by atoms with Crippen molar-refractivity contribution in [3.63, 3.8) is 0 Å². The molecule has 7 nitrogen and oxygen atoms in total. The van der Waals surface area contributed by atoms with Crippen molar-refractivity contribution < 1.29 is 9.59 Å². The monoisotopic (exact) mass is 499 g/mol. The van der Waals surface area contributed by atoms with Crippen molar-refractivity contribution >= 4 is 23.5 Å². The molecule has 36 heavy (non-hydrogen) atoms. The van der Waals surface area contributed by atoms with Crippen LogP contribution in [-0.2, 0) is 6.42 Å². The first-order valence-corrected chi connectivity index (χ1v) is 13.2. The Kier molecular flexibility index (Phi) is 7.04. The number of amides is 1. The Morgan fingerprint density at radius 3 is 2.53 bits per heavy atom. The second-order valence-electron chi connectivity index (χ2n) is 9.20. The number of aromatic amines is 1. The molecule has 184 valence electrons. The maximum Gasteiger partial charge on any atom is 0.270 e. The predicted molar refractivity (Wildman–Crippen MR) is 141 cm³/mol. The van der Waals surface area contributed by atoms with Crippen LogP contribution in [0, 0.1) is 13.8 Å². The van der Waals surface area contributed by atoms with E-state index in [1.165, 1.54) is 17.3 Å². The lowest BCUT2D eigenvalue weighted by molar-refractivity contribution is 0.0787. The molecule has 1 saturated heterocycles. The van der Waals surface area contributed by atoms with Gasteiger partial charge in [-0.05, 0) is 49.9 Å². The normalized spacial score (nSPS) is 13.3. The summed E-state index contributed by atoms with van der Waals surface area (Å²) in [5.74, 6) is 0.919. The van der Waals surface area contributed by atoms with Crippen LogP contribution in [0.15, 0.2) is 66.0 Å². The van der Waals surface area contributed by atoms with E-state index in [0.29, 0.717) is 22.8 Å². The summed E-state index contributed by atoms with van der Waals surface area (Å²) in [6, 6.07) is 18.1. The number of rotatable bonds is 8. The number of likely N-dealkylation sites (tertiary alicyclic amines) is 1. The number of Topliss-reactive ketones (excluding diaryl/α,β-unsaturated/α-hetero) is 1. The summed E-state index contributed by atoms with van der Waals surface area (Å²) >= 11 is 1.36. The quantitative estimate of drug-likeness (QED) is 0.272. The molecule has 3 heterocycles. The maximum atomic E-state index is 13.0. The molecule has 0 radical (unpaired) electrons. The standard InChI is InChI=1S/C28H29N5O2S/c1-19-10-11-24(20(2)14-19)33-26(15-21-8-4-3-5-9-21)30-31-28(33)36-18-25(34)22-16-23(29-17-22)27(35)32-12-6-7-13-32/h3-5,8-11,14,16-17,29H,6-7,12-13,15,18H2,1-2H3. The summed E-state index contributed by atoms with van der Waals surface area (Å²) in [7, 11) is 0. The predicted octanol–water partition coefficient (Wildman–Crippen LogP) is 5.01. The highest BCUT2D eigenvalue weighted by Gasteiger charge is 2.23. The number of thioether (sulfide) groups is 1. The highest BCUT2D eigenvalue weighted by molar-refractivity contribution is 7.99. The van der Waals surface area contributed by atoms with Gasteiger partial charge < -0.3 is 9.88 Å². The van der Waals surface area contributed by atoms with Crippen molar-refractivity contribution in [3.05, 3.63) is 94.6 Å². The van der Waals surface area contributed by atoms with Gasteiger partial charge >= 0.3 is 0 Å². The number of ketones is 1. The number of aromatic nitrogens is 4. The first-order valence-electron chi connectivity index (χ1n) is 12.2. The summed E-state index contributed by atoms with van der Waals surface area (Å²) in [4.78, 5) is 30.5. The third-order valence-corrected chi connectivity index (χ3v) is 7.39. The number of hydrogen-bond donors (Lipinski definition) is 1. The highest BCUT2D eigenvalue weighted by atomic mass is 32.2. The molecule has 0 atom stereocenters. The molecule has 0 bridgehead atoms. The van der Waals surface area contributed by atoms with Gasteiger partial charge in [-0.1, -0.05) is 59.8 Å². The summed E-state index contributed by atoms with van der Waals surface area (Å²) in [5.41, 5.74) is 5.43. The van der Waals surface area contributed by atoms with Crippen LogP contribution in [0.4, 0.5) is 0 Å². The fraction of sp³-hybridized carbons (Fsp3) is 0.286. The molecule has 0 spiro atoms. The fourth-order valence-electron chi connectivity index (χ4n) is 4.57. The van der Waals surface area contributed by atoms with Crippen molar-refractivity contribution in [3.8, 4) is 5.69 Å². The molecule has 8 heteroatoms. The molecule has 1 N–H and O–H groups in total. The van der Waals surface area contributed by atoms with E-state index >= 15 is 0 Å². The minimum absolute atomic E-state index is 0.0423. The molecular weight excluding hydrogens is 470 g/mol. The summed E-state index contributed by atoms with van der Waals surface area (Å²) in [5, 5.41) is 9.63. The van der Waals surface area contributed by atoms with Gasteiger partial charge in [0.05, 0.1) is 11.4 Å². The number of benzene rings is 2. The van der Waals surface area contributed by atoms with Gasteiger partial charge in [-0.15, -0.1) is 10.2 Å². The lowest BCUT2D eigenvalue weighted by Gasteiger charge is -2.13. The minimum Gasteiger partial charge on any atom is -0.356 e. The summed E-state index contributed by atoms with van der Waals surface area (Å²) < 4.78 is 2.05. The number of aryl methyl sites for hydroxylation is 2. The Labute approximate surface area is 214 Å². The third-order valence-electron chi connectivity index (χ3n) is 6.46. The van der Waals surface area contributed by atoms with Gasteiger partial charge in [0, 0.05) is 31.3 Å². The van der Waals surface area contributed by atoms with E-state index < -0.39 is 0 Å². The van der Waals surface area contributed by atoms with Crippen molar-refractivity contribution in [2.45, 2.75) is 38.3 Å². The molecule has 2 aromatic heterocycles. The van der Waals surface area contributed by atoms with E-state index in [2.05, 4.69) is 63.9 Å². The molecule has 0 saturated carbocycles. The van der Waals surface area contributed by atoms with Crippen molar-refractivity contribution in [2.75, 3.05) is 18.8 Å². The molecule has 1 amide bonds. The van der Waals surface area contributed by atoms with E-state index in [9.17, 15) is 9.59 Å². The molecule has 1 aliphatic rings. The van der Waals surface area contributed by atoms with Crippen LogP contribution in [0.25, 0.3) is 5.69 Å². The van der Waals surface area contributed by atoms with Gasteiger partial charge in [0.25, 0.3) is 5.91 Å². The van der Waals surface area contributed by atoms with Gasteiger partial charge in [-0.25, -0.2) is 0 Å². The number of hydrogen-bond acceptors (Lipinski definition) is 5. The molecule has 2 aromatic carbocycles. The SMILES string of the molecule is Cc1ccc(-n2c(Cc3ccccc3)nnc2SCC(=O)c2c[nH]c(C(=O)N3CCCC3)c2)c(C)c1. The minimum atomic E-state index is -0.0588. The summed E-state index contributed by atoms with van der Waals surface area (Å²) in [6.45, 7) is 5.70. The lowest BCUT2D eigenvalue weighted by atomic mass is 10.1. The Hall–Kier alpha value is -3.65. The number of nitrogens with one attached hydrogen (secondary N) is 1. The Balaban J connectivity index is 1.36. The zero-order valence-corrected chi connectivity index (χ0v) is 21.3. The zero-order valence-electron chi connectivity index (χ0n) is 20.5. The molecule has 0 aliphatic carbocycles. The fourth-order valence-corrected chi connectivity index (χ4v) is 5.43. The van der Waals surface area contributed by atoms with Crippen LogP contribution in [0.1, 0.15) is 56.2 Å². The molecule has 0 unspecified atom stereocenters. The molecule has 4 aromatic rings. The van der Waals surface area contributed by atoms with Gasteiger partial charge in [-0.3, -0.25) is 14.2 Å². The average molecular weight is 500 g/mol. The zero-order chi connectivity index (χ0) is 25.1. The lowest BCUT2D eigenvalue weighted by Crippen LogP contribution is -2.27. The van der Waals surface area contributed by atoms with Gasteiger partial charge in [0.1, 0.15) is 11.5 Å². The van der Waals surface area contributed by atoms with Gasteiger partial charge in [0.15, 0.2) is 10.9 Å². The first-order chi connectivity index (χ1) is 17.5. The van der Waals surface area contributed by atoms with Crippen molar-refractivity contribution in [2.24, 2.45) is 0 Å². The van der Waals surface area contributed by atoms with Crippen LogP contribution in [0.3, 0.4) is 0 Å². The second-order valence-corrected chi connectivity index (χ2v) is 10.1. The molecule has 1 aliphatic heterocycles. The van der Waals surface area contributed by atoms with Gasteiger partial charge in [-0.2, -0.15) is 0 Å². The van der Waals surface area contributed by atoms with Crippen LogP contribution in [-0.4, -0.2) is 55.2 Å². The second kappa shape index (κ2) is 10.5. The third kappa shape index (κ3) is 5.14. The number of carbonyl (C=O) groups excluding carboxylic acids is 2. The van der Waals surface area contributed by atoms with Crippen LogP contribution >= 0.6 is 11.8 Å². The Bertz CT molecular complexity index is 1390. The Morgan fingerprint density at radius 2 is 1.78 bits per heavy atom. The molecular formula is C28H29N5O2S. The topological polar surface area (TPSA) is 83.9 Å². The van der Waals surface area contributed by atoms with E-state index in [-0.39, 0.29) is 17.4 Å². The smallest absolute Gasteiger partial charge is 0.270 e. The van der Waals surface area contributed by atoms with Crippen LogP contribution in [0.5, 0.6) is 0 Å². The Morgan fingerprint density at radius 1 is 1.00 bits per heavy atom. The highest BCUT2D eigenvalue weighted by Crippen LogP contribution is 2.27. The maximum absolute atomic E-state index is 13.0. The molecule has 5 rings (SSSR count). The number of carbonyl (C=O) groups is 2. The summed E-state index contributed by atoms with van der Waals surface area (Å²) in [6.07, 6.45) is 4.32. The van der Waals surface area contributed by atoms with E-state index in [1.54, 1.807) is 12.3 Å². The van der Waals surface area contributed by atoms with Crippen LogP contribution in [0.2, 0.25) is 0 Å². The van der Waals surface area contributed by atoms with E-state index in [0.717, 1.165) is 48.6 Å². The number of H-pyrrole nitrogens is 1. The van der Waals surface area contributed by atoms with E-state index in [4.69, 9.17) is 0 Å². The number of nitrogens with zero attached hydrogens (tertiary/aromatic N) is 4. The molecule has 1 fully saturated rings. The van der Waals surface area contributed by atoms with E-state index in [1.807, 2.05) is 23.1 Å². The largest absolute Gasteiger partial charge is 0.356 e.